The van der Waals surface area contributed by atoms with Crippen LogP contribution in [-0.4, -0.2) is 29.8 Å². The zero-order valence-electron chi connectivity index (χ0n) is 9.19. The fourth-order valence-corrected chi connectivity index (χ4v) is 1.81. The Bertz CT molecular complexity index is 380. The van der Waals surface area contributed by atoms with Gasteiger partial charge >= 0.3 is 5.97 Å². The van der Waals surface area contributed by atoms with E-state index in [1.807, 2.05) is 0 Å². The van der Waals surface area contributed by atoms with Crippen molar-refractivity contribution in [2.75, 3.05) is 18.5 Å². The smallest absolute Gasteiger partial charge is 0.335 e. The number of carbonyl (C=O) groups is 1. The molecule has 1 saturated heterocycles. The molecule has 0 aromatic heterocycles. The molecule has 0 spiro atoms. The van der Waals surface area contributed by atoms with E-state index in [4.69, 9.17) is 9.84 Å². The van der Waals surface area contributed by atoms with Crippen LogP contribution in [0.4, 0.5) is 5.69 Å². The van der Waals surface area contributed by atoms with Gasteiger partial charge in [0.25, 0.3) is 0 Å². The summed E-state index contributed by atoms with van der Waals surface area (Å²) in [7, 11) is 0. The number of nitrogens with one attached hydrogen (secondary N) is 1. The van der Waals surface area contributed by atoms with Gasteiger partial charge in [0.05, 0.1) is 17.7 Å². The summed E-state index contributed by atoms with van der Waals surface area (Å²) in [6, 6.07) is 6.77. The van der Waals surface area contributed by atoms with E-state index < -0.39 is 5.97 Å². The highest BCUT2D eigenvalue weighted by atomic mass is 16.5. The maximum absolute atomic E-state index is 10.7. The molecule has 1 atom stereocenters. The van der Waals surface area contributed by atoms with Gasteiger partial charge in [0.15, 0.2) is 0 Å². The van der Waals surface area contributed by atoms with Crippen LogP contribution in [0.5, 0.6) is 0 Å². The van der Waals surface area contributed by atoms with Crippen molar-refractivity contribution < 1.29 is 14.6 Å². The van der Waals surface area contributed by atoms with E-state index >= 15 is 0 Å². The molecule has 2 rings (SSSR count). The average Bonchev–Trinajstić information content (AvgIpc) is 2.65. The van der Waals surface area contributed by atoms with Crippen molar-refractivity contribution in [3.63, 3.8) is 0 Å². The highest BCUT2D eigenvalue weighted by Crippen LogP contribution is 2.23. The third kappa shape index (κ3) is 2.33. The van der Waals surface area contributed by atoms with E-state index in [0.29, 0.717) is 12.2 Å². The number of ether oxygens (including phenoxy) is 1. The third-order valence-corrected chi connectivity index (χ3v) is 2.80. The maximum atomic E-state index is 10.7. The Morgan fingerprint density at radius 2 is 2.12 bits per heavy atom. The zero-order valence-corrected chi connectivity index (χ0v) is 9.19. The summed E-state index contributed by atoms with van der Waals surface area (Å²) in [4.78, 5) is 10.7. The molecule has 2 N–H and O–H groups in total. The van der Waals surface area contributed by atoms with Gasteiger partial charge in [-0.3, -0.25) is 0 Å². The molecule has 4 nitrogen and oxygen atoms in total. The molecule has 1 unspecified atom stereocenters. The lowest BCUT2D eigenvalue weighted by molar-refractivity contribution is 0.0697. The van der Waals surface area contributed by atoms with Crippen LogP contribution in [0.25, 0.3) is 0 Å². The first kappa shape index (κ1) is 11.0. The summed E-state index contributed by atoms with van der Waals surface area (Å²) in [5.74, 6) is -0.901. The van der Waals surface area contributed by atoms with Crippen LogP contribution in [-0.2, 0) is 4.74 Å². The van der Waals surface area contributed by atoms with Crippen LogP contribution in [0.3, 0.4) is 0 Å². The number of rotatable bonds is 3. The molecule has 0 aliphatic carbocycles. The second-order valence-corrected chi connectivity index (χ2v) is 4.37. The maximum Gasteiger partial charge on any atom is 0.335 e. The van der Waals surface area contributed by atoms with Crippen molar-refractivity contribution in [2.45, 2.75) is 18.9 Å². The van der Waals surface area contributed by atoms with E-state index in [1.165, 1.54) is 0 Å². The molecule has 0 saturated carbocycles. The Labute approximate surface area is 94.2 Å². The van der Waals surface area contributed by atoms with E-state index in [0.717, 1.165) is 18.7 Å². The first-order chi connectivity index (χ1) is 7.59. The number of aromatic carboxylic acids is 1. The van der Waals surface area contributed by atoms with Crippen LogP contribution in [0.1, 0.15) is 23.7 Å². The van der Waals surface area contributed by atoms with Gasteiger partial charge < -0.3 is 15.2 Å². The van der Waals surface area contributed by atoms with E-state index in [1.54, 1.807) is 24.3 Å². The van der Waals surface area contributed by atoms with Crippen LogP contribution in [0, 0.1) is 0 Å². The summed E-state index contributed by atoms with van der Waals surface area (Å²) >= 11 is 0. The minimum Gasteiger partial charge on any atom is -0.478 e. The van der Waals surface area contributed by atoms with Crippen molar-refractivity contribution in [3.05, 3.63) is 29.8 Å². The van der Waals surface area contributed by atoms with Gasteiger partial charge in [-0.25, -0.2) is 4.79 Å². The van der Waals surface area contributed by atoms with Gasteiger partial charge in [-0.15, -0.1) is 0 Å². The quantitative estimate of drug-likeness (QED) is 0.819. The normalized spacial score (nSPS) is 24.3. The molecule has 4 heteroatoms. The molecule has 1 fully saturated rings. The lowest BCUT2D eigenvalue weighted by Crippen LogP contribution is -2.34. The van der Waals surface area contributed by atoms with Crippen LogP contribution < -0.4 is 5.32 Å². The molecule has 0 radical (unpaired) electrons. The second-order valence-electron chi connectivity index (χ2n) is 4.37. The van der Waals surface area contributed by atoms with E-state index in [2.05, 4.69) is 12.2 Å². The SMILES string of the molecule is CC1(Nc2ccc(C(=O)O)cc2)CCOC1. The second kappa shape index (κ2) is 4.14. The monoisotopic (exact) mass is 221 g/mol. The first-order valence-electron chi connectivity index (χ1n) is 5.28. The number of benzene rings is 1. The van der Waals surface area contributed by atoms with Gasteiger partial charge in [-0.1, -0.05) is 0 Å². The van der Waals surface area contributed by atoms with Crippen LogP contribution in [0.2, 0.25) is 0 Å². The Balaban J connectivity index is 2.07. The highest BCUT2D eigenvalue weighted by molar-refractivity contribution is 5.88. The number of carboxylic acids is 1. The Kier molecular flexibility index (Phi) is 2.83. The number of carboxylic acid groups (broad SMARTS) is 1. The van der Waals surface area contributed by atoms with Gasteiger partial charge in [-0.05, 0) is 37.6 Å². The van der Waals surface area contributed by atoms with Crippen LogP contribution in [0.15, 0.2) is 24.3 Å². The lowest BCUT2D eigenvalue weighted by Gasteiger charge is -2.24. The summed E-state index contributed by atoms with van der Waals surface area (Å²) in [6.45, 7) is 3.56. The standard InChI is InChI=1S/C12H15NO3/c1-12(6-7-16-8-12)13-10-4-2-9(3-5-10)11(14)15/h2-5,13H,6-8H2,1H3,(H,14,15). The number of hydrogen-bond donors (Lipinski definition) is 2. The predicted octanol–water partition coefficient (Wildman–Crippen LogP) is 1.98. The van der Waals surface area contributed by atoms with Crippen molar-refractivity contribution in [3.8, 4) is 0 Å². The minimum atomic E-state index is -0.901. The molecular formula is C12H15NO3. The Morgan fingerprint density at radius 1 is 1.44 bits per heavy atom. The fraction of sp³-hybridized carbons (Fsp3) is 0.417. The fourth-order valence-electron chi connectivity index (χ4n) is 1.81. The third-order valence-electron chi connectivity index (χ3n) is 2.80. The van der Waals surface area contributed by atoms with E-state index in [-0.39, 0.29) is 5.54 Å². The molecule has 1 aliphatic heterocycles. The lowest BCUT2D eigenvalue weighted by atomic mass is 10.0. The van der Waals surface area contributed by atoms with Gasteiger partial charge in [0, 0.05) is 12.3 Å². The first-order valence-corrected chi connectivity index (χ1v) is 5.28. The molecular weight excluding hydrogens is 206 g/mol. The van der Waals surface area contributed by atoms with Crippen molar-refractivity contribution >= 4 is 11.7 Å². The zero-order chi connectivity index (χ0) is 11.6. The molecule has 1 aromatic carbocycles. The molecule has 1 aromatic rings. The Morgan fingerprint density at radius 3 is 2.62 bits per heavy atom. The van der Waals surface area contributed by atoms with Crippen molar-refractivity contribution in [1.29, 1.82) is 0 Å². The molecule has 0 bridgehead atoms. The van der Waals surface area contributed by atoms with Gasteiger partial charge in [0.1, 0.15) is 0 Å². The van der Waals surface area contributed by atoms with Crippen molar-refractivity contribution in [2.24, 2.45) is 0 Å². The highest BCUT2D eigenvalue weighted by Gasteiger charge is 2.29. The summed E-state index contributed by atoms with van der Waals surface area (Å²) < 4.78 is 5.34. The number of anilines is 1. The predicted molar refractivity (Wildman–Crippen MR) is 60.9 cm³/mol. The molecule has 1 heterocycles. The van der Waals surface area contributed by atoms with Gasteiger partial charge in [0.2, 0.25) is 0 Å². The van der Waals surface area contributed by atoms with Gasteiger partial charge in [-0.2, -0.15) is 0 Å². The average molecular weight is 221 g/mol. The topological polar surface area (TPSA) is 58.6 Å². The summed E-state index contributed by atoms with van der Waals surface area (Å²) in [6.07, 6.45) is 0.966. The molecule has 86 valence electrons. The molecule has 1 aliphatic rings. The van der Waals surface area contributed by atoms with Crippen molar-refractivity contribution in [1.82, 2.24) is 0 Å². The molecule has 16 heavy (non-hydrogen) atoms. The summed E-state index contributed by atoms with van der Waals surface area (Å²) in [5, 5.41) is 12.1. The van der Waals surface area contributed by atoms with E-state index in [9.17, 15) is 4.79 Å². The van der Waals surface area contributed by atoms with Crippen LogP contribution >= 0.6 is 0 Å². The Hall–Kier alpha value is -1.55. The number of hydrogen-bond acceptors (Lipinski definition) is 3. The summed E-state index contributed by atoms with van der Waals surface area (Å²) in [5.41, 5.74) is 1.20. The minimum absolute atomic E-state index is 0.0370. The largest absolute Gasteiger partial charge is 0.478 e. The molecule has 0 amide bonds.